The van der Waals surface area contributed by atoms with E-state index in [4.69, 9.17) is 9.47 Å². The Balaban J connectivity index is 1.81. The van der Waals surface area contributed by atoms with Crippen molar-refractivity contribution < 1.29 is 19.4 Å². The lowest BCUT2D eigenvalue weighted by Crippen LogP contribution is -2.56. The van der Waals surface area contributed by atoms with Gasteiger partial charge in [-0.2, -0.15) is 0 Å². The molecular weight excluding hydrogens is 246 g/mol. The molecule has 0 unspecified atom stereocenters. The molecule has 0 radical (unpaired) electrons. The van der Waals surface area contributed by atoms with Gasteiger partial charge in [0.25, 0.3) is 0 Å². The number of methoxy groups -OCH3 is 1. The van der Waals surface area contributed by atoms with E-state index < -0.39 is 5.41 Å². The van der Waals surface area contributed by atoms with Crippen LogP contribution in [0.3, 0.4) is 0 Å². The van der Waals surface area contributed by atoms with E-state index in [-0.39, 0.29) is 12.5 Å². The molecule has 104 valence electrons. The minimum atomic E-state index is -0.728. The number of carbonyl (C=O) groups is 1. The Morgan fingerprint density at radius 1 is 1.53 bits per heavy atom. The van der Waals surface area contributed by atoms with Gasteiger partial charge in [-0.25, -0.2) is 0 Å². The van der Waals surface area contributed by atoms with Crippen molar-refractivity contribution in [3.8, 4) is 5.75 Å². The number of benzene rings is 1. The third-order valence-corrected chi connectivity index (χ3v) is 3.37. The molecule has 1 heterocycles. The highest BCUT2D eigenvalue weighted by molar-refractivity contribution is 5.83. The molecule has 1 aromatic rings. The van der Waals surface area contributed by atoms with Crippen LogP contribution in [0.1, 0.15) is 5.56 Å². The Morgan fingerprint density at radius 3 is 2.89 bits per heavy atom. The van der Waals surface area contributed by atoms with Crippen molar-refractivity contribution in [2.24, 2.45) is 5.41 Å². The summed E-state index contributed by atoms with van der Waals surface area (Å²) < 4.78 is 10.2. The summed E-state index contributed by atoms with van der Waals surface area (Å²) in [5.41, 5.74) is 0.372. The van der Waals surface area contributed by atoms with Gasteiger partial charge in [-0.15, -0.1) is 0 Å². The average molecular weight is 265 g/mol. The normalized spacial score (nSPS) is 16.5. The molecule has 0 aliphatic carbocycles. The molecule has 5 heteroatoms. The van der Waals surface area contributed by atoms with E-state index in [1.807, 2.05) is 24.3 Å². The van der Waals surface area contributed by atoms with Crippen molar-refractivity contribution in [2.75, 3.05) is 33.5 Å². The summed E-state index contributed by atoms with van der Waals surface area (Å²) in [5, 5.41) is 12.1. The van der Waals surface area contributed by atoms with Gasteiger partial charge in [0.1, 0.15) is 11.2 Å². The van der Waals surface area contributed by atoms with Crippen LogP contribution in [0, 0.1) is 5.41 Å². The molecule has 1 saturated heterocycles. The van der Waals surface area contributed by atoms with Crippen LogP contribution < -0.4 is 10.1 Å². The maximum Gasteiger partial charge on any atom is 0.233 e. The third-order valence-electron chi connectivity index (χ3n) is 3.37. The molecule has 0 bridgehead atoms. The molecule has 0 atom stereocenters. The Hall–Kier alpha value is -1.59. The first-order valence-corrected chi connectivity index (χ1v) is 6.30. The molecule has 2 rings (SSSR count). The predicted molar refractivity (Wildman–Crippen MR) is 70.0 cm³/mol. The SMILES string of the molecule is COc1cccc(CCNC(=O)C2(CO)COC2)c1. The Kier molecular flexibility index (Phi) is 4.39. The van der Waals surface area contributed by atoms with Gasteiger partial charge in [0.15, 0.2) is 0 Å². The van der Waals surface area contributed by atoms with Crippen LogP contribution in [0.4, 0.5) is 0 Å². The summed E-state index contributed by atoms with van der Waals surface area (Å²) in [6.07, 6.45) is 0.727. The fraction of sp³-hybridized carbons (Fsp3) is 0.500. The molecule has 1 aliphatic rings. The highest BCUT2D eigenvalue weighted by atomic mass is 16.5. The summed E-state index contributed by atoms with van der Waals surface area (Å²) in [5.74, 6) is 0.673. The summed E-state index contributed by atoms with van der Waals surface area (Å²) in [4.78, 5) is 11.9. The maximum absolute atomic E-state index is 11.9. The number of ether oxygens (including phenoxy) is 2. The van der Waals surface area contributed by atoms with Gasteiger partial charge < -0.3 is 19.9 Å². The molecule has 0 saturated carbocycles. The third kappa shape index (κ3) is 3.05. The van der Waals surface area contributed by atoms with E-state index in [0.29, 0.717) is 19.8 Å². The van der Waals surface area contributed by atoms with Crippen molar-refractivity contribution in [3.05, 3.63) is 29.8 Å². The molecule has 1 aromatic carbocycles. The number of aliphatic hydroxyl groups is 1. The Labute approximate surface area is 112 Å². The highest BCUT2D eigenvalue weighted by Crippen LogP contribution is 2.26. The summed E-state index contributed by atoms with van der Waals surface area (Å²) in [6.45, 7) is 0.967. The number of amides is 1. The molecule has 2 N–H and O–H groups in total. The van der Waals surface area contributed by atoms with Crippen molar-refractivity contribution in [1.82, 2.24) is 5.32 Å². The predicted octanol–water partition coefficient (Wildman–Crippen LogP) is 0.363. The summed E-state index contributed by atoms with van der Waals surface area (Å²) in [7, 11) is 1.63. The fourth-order valence-corrected chi connectivity index (χ4v) is 1.98. The largest absolute Gasteiger partial charge is 0.497 e. The topological polar surface area (TPSA) is 67.8 Å². The lowest BCUT2D eigenvalue weighted by molar-refractivity contribution is -0.169. The van der Waals surface area contributed by atoms with Gasteiger partial charge in [0.2, 0.25) is 5.91 Å². The lowest BCUT2D eigenvalue weighted by Gasteiger charge is -2.38. The average Bonchev–Trinajstić information content (AvgIpc) is 2.38. The first kappa shape index (κ1) is 13.8. The van der Waals surface area contributed by atoms with Crippen LogP contribution >= 0.6 is 0 Å². The van der Waals surface area contributed by atoms with Gasteiger partial charge in [-0.05, 0) is 24.1 Å². The Morgan fingerprint density at radius 2 is 2.32 bits per heavy atom. The van der Waals surface area contributed by atoms with Crippen LogP contribution in [0.15, 0.2) is 24.3 Å². The van der Waals surface area contributed by atoms with Crippen LogP contribution in [0.2, 0.25) is 0 Å². The summed E-state index contributed by atoms with van der Waals surface area (Å²) >= 11 is 0. The number of hydrogen-bond donors (Lipinski definition) is 2. The molecule has 1 amide bonds. The molecule has 1 aliphatic heterocycles. The Bertz CT molecular complexity index is 437. The van der Waals surface area contributed by atoms with Gasteiger partial charge in [-0.3, -0.25) is 4.79 Å². The van der Waals surface area contributed by atoms with E-state index >= 15 is 0 Å². The molecule has 19 heavy (non-hydrogen) atoms. The monoisotopic (exact) mass is 265 g/mol. The molecule has 0 aromatic heterocycles. The maximum atomic E-state index is 11.9. The number of carbonyl (C=O) groups excluding carboxylic acids is 1. The van der Waals surface area contributed by atoms with Crippen LogP contribution in [0.5, 0.6) is 5.75 Å². The highest BCUT2D eigenvalue weighted by Gasteiger charge is 2.45. The zero-order valence-electron chi connectivity index (χ0n) is 11.0. The van der Waals surface area contributed by atoms with E-state index in [0.717, 1.165) is 17.7 Å². The standard InChI is InChI=1S/C14H19NO4/c1-18-12-4-2-3-11(7-12)5-6-15-13(17)14(8-16)9-19-10-14/h2-4,7,16H,5-6,8-10H2,1H3,(H,15,17). The minimum absolute atomic E-state index is 0.135. The zero-order valence-corrected chi connectivity index (χ0v) is 11.0. The lowest BCUT2D eigenvalue weighted by atomic mass is 9.86. The van der Waals surface area contributed by atoms with Crippen LogP contribution in [0.25, 0.3) is 0 Å². The summed E-state index contributed by atoms with van der Waals surface area (Å²) in [6, 6.07) is 7.74. The van der Waals surface area contributed by atoms with E-state index in [2.05, 4.69) is 5.32 Å². The van der Waals surface area contributed by atoms with Crippen LogP contribution in [-0.4, -0.2) is 44.5 Å². The second-order valence-electron chi connectivity index (χ2n) is 4.79. The molecule has 1 fully saturated rings. The second-order valence-corrected chi connectivity index (χ2v) is 4.79. The smallest absolute Gasteiger partial charge is 0.233 e. The van der Waals surface area contributed by atoms with Crippen LogP contribution in [-0.2, 0) is 16.0 Å². The van der Waals surface area contributed by atoms with Crippen molar-refractivity contribution in [3.63, 3.8) is 0 Å². The first-order valence-electron chi connectivity index (χ1n) is 6.30. The number of aliphatic hydroxyl groups excluding tert-OH is 1. The van der Waals surface area contributed by atoms with Crippen molar-refractivity contribution in [2.45, 2.75) is 6.42 Å². The number of rotatable bonds is 6. The molecule has 0 spiro atoms. The first-order chi connectivity index (χ1) is 9.20. The minimum Gasteiger partial charge on any atom is -0.497 e. The quantitative estimate of drug-likeness (QED) is 0.779. The molecule has 5 nitrogen and oxygen atoms in total. The van der Waals surface area contributed by atoms with Gasteiger partial charge in [-0.1, -0.05) is 12.1 Å². The second kappa shape index (κ2) is 6.04. The van der Waals surface area contributed by atoms with Crippen molar-refractivity contribution >= 4 is 5.91 Å². The zero-order chi connectivity index (χ0) is 13.7. The number of hydrogen-bond acceptors (Lipinski definition) is 4. The van der Waals surface area contributed by atoms with E-state index in [1.54, 1.807) is 7.11 Å². The van der Waals surface area contributed by atoms with Gasteiger partial charge >= 0.3 is 0 Å². The number of nitrogens with one attached hydrogen (secondary N) is 1. The molecular formula is C14H19NO4. The van der Waals surface area contributed by atoms with E-state index in [1.165, 1.54) is 0 Å². The van der Waals surface area contributed by atoms with Gasteiger partial charge in [0, 0.05) is 6.54 Å². The fourth-order valence-electron chi connectivity index (χ4n) is 1.98. The van der Waals surface area contributed by atoms with E-state index in [9.17, 15) is 9.90 Å². The van der Waals surface area contributed by atoms with Gasteiger partial charge in [0.05, 0.1) is 26.9 Å². The van der Waals surface area contributed by atoms with Crippen molar-refractivity contribution in [1.29, 1.82) is 0 Å².